The summed E-state index contributed by atoms with van der Waals surface area (Å²) in [5, 5.41) is 0.869. The summed E-state index contributed by atoms with van der Waals surface area (Å²) in [5.74, 6) is 0.0580. The second-order valence-electron chi connectivity index (χ2n) is 4.75. The summed E-state index contributed by atoms with van der Waals surface area (Å²) in [6.45, 7) is 0.336. The first-order valence-corrected chi connectivity index (χ1v) is 7.28. The van der Waals surface area contributed by atoms with Crippen molar-refractivity contribution in [2.75, 3.05) is 13.7 Å². The fourth-order valence-corrected chi connectivity index (χ4v) is 3.02. The van der Waals surface area contributed by atoms with Gasteiger partial charge in [0.05, 0.1) is 17.2 Å². The zero-order valence-corrected chi connectivity index (χ0v) is 13.1. The minimum atomic E-state index is -0.251. The van der Waals surface area contributed by atoms with Crippen LogP contribution in [0.15, 0.2) is 36.4 Å². The minimum absolute atomic E-state index is 0.133. The van der Waals surface area contributed by atoms with Crippen LogP contribution in [0.4, 0.5) is 4.39 Å². The largest absolute Gasteiger partial charge is 0.494 e. The van der Waals surface area contributed by atoms with Crippen LogP contribution in [0.1, 0.15) is 17.0 Å². The summed E-state index contributed by atoms with van der Waals surface area (Å²) in [4.78, 5) is 0. The Hall–Kier alpha value is -1.29. The van der Waals surface area contributed by atoms with E-state index in [1.807, 2.05) is 0 Å². The molecule has 0 saturated carbocycles. The molecule has 0 heterocycles. The molecule has 2 N–H and O–H groups in total. The van der Waals surface area contributed by atoms with Gasteiger partial charge in [0, 0.05) is 5.92 Å². The maximum atomic E-state index is 13.9. The Kier molecular flexibility index (Phi) is 5.45. The van der Waals surface area contributed by atoms with Crippen molar-refractivity contribution in [1.82, 2.24) is 0 Å². The van der Waals surface area contributed by atoms with Gasteiger partial charge in [-0.05, 0) is 42.3 Å². The molecule has 0 fully saturated rings. The lowest BCUT2D eigenvalue weighted by molar-refractivity contribution is 0.415. The second-order valence-corrected chi connectivity index (χ2v) is 5.57. The SMILES string of the molecule is COc1c(Cl)cc(CC(CN)c2ccccc2F)cc1Cl. The highest BCUT2D eigenvalue weighted by Crippen LogP contribution is 2.35. The molecule has 0 aliphatic carbocycles. The van der Waals surface area contributed by atoms with Gasteiger partial charge in [0.1, 0.15) is 5.82 Å². The maximum absolute atomic E-state index is 13.9. The number of nitrogens with two attached hydrogens (primary N) is 1. The average molecular weight is 328 g/mol. The predicted octanol–water partition coefficient (Wildman–Crippen LogP) is 4.43. The smallest absolute Gasteiger partial charge is 0.156 e. The molecule has 2 aromatic carbocycles. The van der Waals surface area contributed by atoms with Crippen LogP contribution in [-0.4, -0.2) is 13.7 Å². The molecule has 2 aromatic rings. The molecule has 0 spiro atoms. The van der Waals surface area contributed by atoms with Gasteiger partial charge in [-0.3, -0.25) is 0 Å². The summed E-state index contributed by atoms with van der Waals surface area (Å²) in [7, 11) is 1.51. The molecule has 5 heteroatoms. The van der Waals surface area contributed by atoms with Crippen molar-refractivity contribution in [2.24, 2.45) is 5.73 Å². The number of rotatable bonds is 5. The van der Waals surface area contributed by atoms with E-state index in [0.29, 0.717) is 34.3 Å². The van der Waals surface area contributed by atoms with Crippen LogP contribution in [0.25, 0.3) is 0 Å². The highest BCUT2D eigenvalue weighted by Gasteiger charge is 2.16. The molecule has 112 valence electrons. The molecule has 1 unspecified atom stereocenters. The van der Waals surface area contributed by atoms with E-state index < -0.39 is 0 Å². The molecule has 0 amide bonds. The van der Waals surface area contributed by atoms with Gasteiger partial charge in [-0.1, -0.05) is 41.4 Å². The number of methoxy groups -OCH3 is 1. The Bertz CT molecular complexity index is 610. The fraction of sp³-hybridized carbons (Fsp3) is 0.250. The normalized spacial score (nSPS) is 12.2. The van der Waals surface area contributed by atoms with Crippen LogP contribution in [0.2, 0.25) is 10.0 Å². The van der Waals surface area contributed by atoms with Crippen molar-refractivity contribution >= 4 is 23.2 Å². The van der Waals surface area contributed by atoms with E-state index in [-0.39, 0.29) is 11.7 Å². The fourth-order valence-electron chi connectivity index (χ4n) is 2.34. The first-order valence-electron chi connectivity index (χ1n) is 6.53. The van der Waals surface area contributed by atoms with Crippen LogP contribution in [0, 0.1) is 5.82 Å². The zero-order chi connectivity index (χ0) is 15.4. The Morgan fingerprint density at radius 2 is 1.81 bits per heavy atom. The summed E-state index contributed by atoms with van der Waals surface area (Å²) < 4.78 is 19.0. The van der Waals surface area contributed by atoms with E-state index in [1.165, 1.54) is 13.2 Å². The van der Waals surface area contributed by atoms with Crippen molar-refractivity contribution < 1.29 is 9.13 Å². The zero-order valence-electron chi connectivity index (χ0n) is 11.6. The van der Waals surface area contributed by atoms with Crippen molar-refractivity contribution in [3.63, 3.8) is 0 Å². The Labute approximate surface area is 133 Å². The number of hydrogen-bond acceptors (Lipinski definition) is 2. The number of hydrogen-bond donors (Lipinski definition) is 1. The molecule has 0 radical (unpaired) electrons. The highest BCUT2D eigenvalue weighted by molar-refractivity contribution is 6.37. The molecule has 0 aromatic heterocycles. The van der Waals surface area contributed by atoms with E-state index in [9.17, 15) is 4.39 Å². The van der Waals surface area contributed by atoms with E-state index in [4.69, 9.17) is 33.7 Å². The maximum Gasteiger partial charge on any atom is 0.156 e. The monoisotopic (exact) mass is 327 g/mol. The summed E-state index contributed by atoms with van der Waals surface area (Å²) in [6.07, 6.45) is 0.556. The molecule has 1 atom stereocenters. The van der Waals surface area contributed by atoms with Gasteiger partial charge in [0.2, 0.25) is 0 Å². The third-order valence-electron chi connectivity index (χ3n) is 3.37. The average Bonchev–Trinajstić information content (AvgIpc) is 2.45. The topological polar surface area (TPSA) is 35.2 Å². The van der Waals surface area contributed by atoms with Gasteiger partial charge in [0.25, 0.3) is 0 Å². The van der Waals surface area contributed by atoms with Crippen LogP contribution in [0.3, 0.4) is 0 Å². The lowest BCUT2D eigenvalue weighted by Crippen LogP contribution is -2.16. The lowest BCUT2D eigenvalue weighted by atomic mass is 9.91. The Balaban J connectivity index is 2.29. The van der Waals surface area contributed by atoms with Crippen LogP contribution in [-0.2, 0) is 6.42 Å². The van der Waals surface area contributed by atoms with Crippen molar-refractivity contribution in [2.45, 2.75) is 12.3 Å². The Morgan fingerprint density at radius 1 is 1.19 bits per heavy atom. The quantitative estimate of drug-likeness (QED) is 0.881. The number of ether oxygens (including phenoxy) is 1. The first-order chi connectivity index (χ1) is 10.1. The van der Waals surface area contributed by atoms with E-state index in [1.54, 1.807) is 30.3 Å². The molecular weight excluding hydrogens is 312 g/mol. The van der Waals surface area contributed by atoms with Crippen LogP contribution < -0.4 is 10.5 Å². The molecule has 0 bridgehead atoms. The van der Waals surface area contributed by atoms with E-state index in [2.05, 4.69) is 0 Å². The molecular formula is C16H16Cl2FNO. The van der Waals surface area contributed by atoms with Crippen molar-refractivity contribution in [1.29, 1.82) is 0 Å². The van der Waals surface area contributed by atoms with Crippen molar-refractivity contribution in [3.8, 4) is 5.75 Å². The second kappa shape index (κ2) is 7.12. The molecule has 0 saturated heterocycles. The minimum Gasteiger partial charge on any atom is -0.494 e. The lowest BCUT2D eigenvalue weighted by Gasteiger charge is -2.17. The third kappa shape index (κ3) is 3.67. The molecule has 2 nitrogen and oxygen atoms in total. The van der Waals surface area contributed by atoms with Gasteiger partial charge in [-0.15, -0.1) is 0 Å². The summed E-state index contributed by atoms with van der Waals surface area (Å²) in [6, 6.07) is 10.2. The Morgan fingerprint density at radius 3 is 2.33 bits per heavy atom. The molecule has 0 aliphatic heterocycles. The van der Waals surface area contributed by atoms with Gasteiger partial charge >= 0.3 is 0 Å². The summed E-state index contributed by atoms with van der Waals surface area (Å²) >= 11 is 12.2. The number of benzene rings is 2. The van der Waals surface area contributed by atoms with Gasteiger partial charge in [-0.25, -0.2) is 4.39 Å². The molecule has 2 rings (SSSR count). The first kappa shape index (κ1) is 16.1. The molecule has 21 heavy (non-hydrogen) atoms. The molecule has 0 aliphatic rings. The highest BCUT2D eigenvalue weighted by atomic mass is 35.5. The van der Waals surface area contributed by atoms with Gasteiger partial charge in [0.15, 0.2) is 5.75 Å². The predicted molar refractivity (Wildman–Crippen MR) is 84.9 cm³/mol. The van der Waals surface area contributed by atoms with Crippen molar-refractivity contribution in [3.05, 3.63) is 63.4 Å². The van der Waals surface area contributed by atoms with E-state index >= 15 is 0 Å². The number of halogens is 3. The standard InChI is InChI=1S/C16H16Cl2FNO/c1-21-16-13(17)7-10(8-14(16)18)6-11(9-20)12-4-2-3-5-15(12)19/h2-5,7-8,11H,6,9,20H2,1H3. The third-order valence-corrected chi connectivity index (χ3v) is 3.94. The van der Waals surface area contributed by atoms with E-state index in [0.717, 1.165) is 5.56 Å². The summed E-state index contributed by atoms with van der Waals surface area (Å²) in [5.41, 5.74) is 7.29. The van der Waals surface area contributed by atoms with Gasteiger partial charge < -0.3 is 10.5 Å². The van der Waals surface area contributed by atoms with Gasteiger partial charge in [-0.2, -0.15) is 0 Å². The van der Waals surface area contributed by atoms with Crippen LogP contribution in [0.5, 0.6) is 5.75 Å². The van der Waals surface area contributed by atoms with Crippen LogP contribution >= 0.6 is 23.2 Å².